The predicted octanol–water partition coefficient (Wildman–Crippen LogP) is 1.11. The molecule has 26 heavy (non-hydrogen) atoms. The van der Waals surface area contributed by atoms with Gasteiger partial charge in [-0.05, 0) is 25.2 Å². The van der Waals surface area contributed by atoms with E-state index in [9.17, 15) is 4.79 Å². The van der Waals surface area contributed by atoms with Gasteiger partial charge in [0.25, 0.3) is 0 Å². The molecule has 3 aliphatic rings. The molecular formula is C19H29N5O2. The molecule has 7 heteroatoms. The quantitative estimate of drug-likeness (QED) is 0.802. The number of anilines is 2. The number of hydrogen-bond donors (Lipinski definition) is 0. The van der Waals surface area contributed by atoms with Gasteiger partial charge in [0.05, 0.1) is 18.9 Å². The van der Waals surface area contributed by atoms with Gasteiger partial charge in [0, 0.05) is 58.7 Å². The summed E-state index contributed by atoms with van der Waals surface area (Å²) >= 11 is 0. The molecule has 4 rings (SSSR count). The molecule has 1 amide bonds. The third kappa shape index (κ3) is 3.77. The Morgan fingerprint density at radius 3 is 2.54 bits per heavy atom. The van der Waals surface area contributed by atoms with Crippen LogP contribution in [0.2, 0.25) is 0 Å². The van der Waals surface area contributed by atoms with E-state index in [2.05, 4.69) is 9.80 Å². The average molecular weight is 359 g/mol. The van der Waals surface area contributed by atoms with Crippen molar-refractivity contribution in [2.45, 2.75) is 32.1 Å². The van der Waals surface area contributed by atoms with E-state index >= 15 is 0 Å². The van der Waals surface area contributed by atoms with Gasteiger partial charge in [-0.2, -0.15) is 4.98 Å². The number of rotatable bonds is 4. The molecule has 1 aliphatic carbocycles. The van der Waals surface area contributed by atoms with Gasteiger partial charge >= 0.3 is 0 Å². The molecule has 0 aromatic carbocycles. The maximum absolute atomic E-state index is 12.5. The summed E-state index contributed by atoms with van der Waals surface area (Å²) in [5.74, 6) is 2.74. The van der Waals surface area contributed by atoms with Crippen LogP contribution in [-0.4, -0.2) is 74.3 Å². The van der Waals surface area contributed by atoms with Crippen LogP contribution in [-0.2, 0) is 22.4 Å². The second kappa shape index (κ2) is 7.39. The van der Waals surface area contributed by atoms with Crippen LogP contribution < -0.4 is 9.80 Å². The fraction of sp³-hybridized carbons (Fsp3) is 0.737. The highest BCUT2D eigenvalue weighted by Gasteiger charge is 2.29. The number of fused-ring (bicyclic) bond motifs is 1. The molecule has 0 radical (unpaired) electrons. The van der Waals surface area contributed by atoms with Gasteiger partial charge in [0.1, 0.15) is 5.82 Å². The van der Waals surface area contributed by atoms with Gasteiger partial charge in [-0.3, -0.25) is 4.79 Å². The standard InChI is InChI=1S/C19H29N5O2/c1-22(2)18-15-5-7-23(17(25)13-14-3-4-14)8-6-16(15)20-19(21-18)24-9-11-26-12-10-24/h14H,3-13H2,1-2H3. The lowest BCUT2D eigenvalue weighted by Crippen LogP contribution is -2.38. The first-order chi connectivity index (χ1) is 12.6. The molecule has 142 valence electrons. The van der Waals surface area contributed by atoms with Crippen molar-refractivity contribution >= 4 is 17.7 Å². The largest absolute Gasteiger partial charge is 0.378 e. The van der Waals surface area contributed by atoms with Crippen LogP contribution in [0.1, 0.15) is 30.5 Å². The molecule has 0 unspecified atom stereocenters. The van der Waals surface area contributed by atoms with Crippen LogP contribution in [0.3, 0.4) is 0 Å². The average Bonchev–Trinajstić information content (AvgIpc) is 3.47. The van der Waals surface area contributed by atoms with E-state index in [0.29, 0.717) is 11.8 Å². The number of morpholine rings is 1. The smallest absolute Gasteiger partial charge is 0.227 e. The topological polar surface area (TPSA) is 61.8 Å². The summed E-state index contributed by atoms with van der Waals surface area (Å²) in [4.78, 5) is 28.6. The zero-order chi connectivity index (χ0) is 18.1. The minimum absolute atomic E-state index is 0.313. The molecule has 1 aromatic heterocycles. The van der Waals surface area contributed by atoms with Gasteiger partial charge in [-0.25, -0.2) is 4.98 Å². The van der Waals surface area contributed by atoms with E-state index in [1.54, 1.807) is 0 Å². The zero-order valence-electron chi connectivity index (χ0n) is 15.9. The van der Waals surface area contributed by atoms with Crippen molar-refractivity contribution in [2.24, 2.45) is 5.92 Å². The molecule has 2 fully saturated rings. The molecule has 0 atom stereocenters. The molecule has 3 heterocycles. The number of hydrogen-bond acceptors (Lipinski definition) is 6. The molecule has 1 saturated carbocycles. The van der Waals surface area contributed by atoms with Gasteiger partial charge < -0.3 is 19.4 Å². The lowest BCUT2D eigenvalue weighted by atomic mass is 10.1. The fourth-order valence-electron chi connectivity index (χ4n) is 3.79. The fourth-order valence-corrected chi connectivity index (χ4v) is 3.79. The highest BCUT2D eigenvalue weighted by atomic mass is 16.5. The van der Waals surface area contributed by atoms with Gasteiger partial charge in [0.15, 0.2) is 0 Å². The Morgan fingerprint density at radius 1 is 1.12 bits per heavy atom. The van der Waals surface area contributed by atoms with Crippen molar-refractivity contribution in [1.82, 2.24) is 14.9 Å². The molecule has 0 spiro atoms. The lowest BCUT2D eigenvalue weighted by Gasteiger charge is -2.28. The summed E-state index contributed by atoms with van der Waals surface area (Å²) in [5, 5.41) is 0. The Balaban J connectivity index is 1.56. The van der Waals surface area contributed by atoms with Crippen LogP contribution in [0.5, 0.6) is 0 Å². The first-order valence-electron chi connectivity index (χ1n) is 9.79. The normalized spacial score (nSPS) is 20.5. The first kappa shape index (κ1) is 17.5. The lowest BCUT2D eigenvalue weighted by molar-refractivity contribution is -0.131. The Bertz CT molecular complexity index is 668. The maximum atomic E-state index is 12.5. The number of ether oxygens (including phenoxy) is 1. The Hall–Kier alpha value is -1.89. The summed E-state index contributed by atoms with van der Waals surface area (Å²) in [7, 11) is 4.07. The summed E-state index contributed by atoms with van der Waals surface area (Å²) in [6, 6.07) is 0. The monoisotopic (exact) mass is 359 g/mol. The van der Waals surface area contributed by atoms with Crippen molar-refractivity contribution in [3.63, 3.8) is 0 Å². The molecule has 7 nitrogen and oxygen atoms in total. The molecule has 1 saturated heterocycles. The highest BCUT2D eigenvalue weighted by Crippen LogP contribution is 2.33. The van der Waals surface area contributed by atoms with Gasteiger partial charge in [0.2, 0.25) is 11.9 Å². The van der Waals surface area contributed by atoms with Crippen molar-refractivity contribution in [3.8, 4) is 0 Å². The number of nitrogens with zero attached hydrogens (tertiary/aromatic N) is 5. The third-order valence-electron chi connectivity index (χ3n) is 5.54. The van der Waals surface area contributed by atoms with E-state index in [-0.39, 0.29) is 0 Å². The van der Waals surface area contributed by atoms with E-state index < -0.39 is 0 Å². The van der Waals surface area contributed by atoms with Gasteiger partial charge in [-0.1, -0.05) is 0 Å². The third-order valence-corrected chi connectivity index (χ3v) is 5.54. The second-order valence-electron chi connectivity index (χ2n) is 7.79. The minimum atomic E-state index is 0.313. The SMILES string of the molecule is CN(C)c1nc(N2CCOCC2)nc2c1CCN(C(=O)CC1CC1)CC2. The molecule has 0 N–H and O–H groups in total. The van der Waals surface area contributed by atoms with Crippen LogP contribution in [0.4, 0.5) is 11.8 Å². The van der Waals surface area contributed by atoms with Crippen LogP contribution in [0, 0.1) is 5.92 Å². The molecule has 1 aromatic rings. The Morgan fingerprint density at radius 2 is 1.85 bits per heavy atom. The number of carbonyl (C=O) groups excluding carboxylic acids is 1. The molecule has 2 aliphatic heterocycles. The molecule has 0 bridgehead atoms. The van der Waals surface area contributed by atoms with Crippen molar-refractivity contribution in [3.05, 3.63) is 11.3 Å². The van der Waals surface area contributed by atoms with E-state index in [4.69, 9.17) is 14.7 Å². The Kier molecular flexibility index (Phi) is 4.98. The zero-order valence-corrected chi connectivity index (χ0v) is 15.9. The van der Waals surface area contributed by atoms with Gasteiger partial charge in [-0.15, -0.1) is 0 Å². The number of amides is 1. The number of carbonyl (C=O) groups is 1. The number of aromatic nitrogens is 2. The van der Waals surface area contributed by atoms with E-state index in [1.807, 2.05) is 19.0 Å². The summed E-state index contributed by atoms with van der Waals surface area (Å²) in [5.41, 5.74) is 2.31. The minimum Gasteiger partial charge on any atom is -0.378 e. The summed E-state index contributed by atoms with van der Waals surface area (Å²) < 4.78 is 5.46. The summed E-state index contributed by atoms with van der Waals surface area (Å²) in [6.07, 6.45) is 4.81. The van der Waals surface area contributed by atoms with Crippen LogP contribution >= 0.6 is 0 Å². The summed E-state index contributed by atoms with van der Waals surface area (Å²) in [6.45, 7) is 4.66. The first-order valence-corrected chi connectivity index (χ1v) is 9.79. The van der Waals surface area contributed by atoms with Crippen molar-refractivity contribution in [2.75, 3.05) is 63.3 Å². The van der Waals surface area contributed by atoms with E-state index in [1.165, 1.54) is 18.4 Å². The maximum Gasteiger partial charge on any atom is 0.227 e. The van der Waals surface area contributed by atoms with E-state index in [0.717, 1.165) is 76.1 Å². The van der Waals surface area contributed by atoms with Crippen molar-refractivity contribution in [1.29, 1.82) is 0 Å². The van der Waals surface area contributed by atoms with Crippen LogP contribution in [0.15, 0.2) is 0 Å². The highest BCUT2D eigenvalue weighted by molar-refractivity contribution is 5.77. The van der Waals surface area contributed by atoms with Crippen LogP contribution in [0.25, 0.3) is 0 Å². The second-order valence-corrected chi connectivity index (χ2v) is 7.79. The Labute approximate surface area is 155 Å². The predicted molar refractivity (Wildman–Crippen MR) is 101 cm³/mol. The van der Waals surface area contributed by atoms with Crippen molar-refractivity contribution < 1.29 is 9.53 Å². The molecular weight excluding hydrogens is 330 g/mol.